The number of nitrogen functional groups attached to an aromatic ring is 1. The summed E-state index contributed by atoms with van der Waals surface area (Å²) in [5.74, 6) is 0.702. The van der Waals surface area contributed by atoms with Crippen LogP contribution in [0.2, 0.25) is 0 Å². The molecular weight excluding hydrogens is 406 g/mol. The third-order valence-electron chi connectivity index (χ3n) is 5.10. The van der Waals surface area contributed by atoms with Crippen molar-refractivity contribution in [2.45, 2.75) is 31.2 Å². The Labute approximate surface area is 177 Å². The fraction of sp³-hybridized carbons (Fsp3) is 0.350. The average molecular weight is 430 g/mol. The molecule has 1 fully saturated rings. The number of hydrogen-bond donors (Lipinski definition) is 2. The minimum absolute atomic E-state index is 0.0825. The van der Waals surface area contributed by atoms with Gasteiger partial charge in [-0.3, -0.25) is 4.79 Å². The number of nitrogens with two attached hydrogens (primary N) is 1. The maximum atomic E-state index is 12.9. The smallest absolute Gasteiger partial charge is 0.263 e. The number of nitrogens with zero attached hydrogens (tertiary/aromatic N) is 3. The van der Waals surface area contributed by atoms with Crippen molar-refractivity contribution in [1.82, 2.24) is 19.8 Å². The van der Waals surface area contributed by atoms with Crippen molar-refractivity contribution in [2.75, 3.05) is 25.9 Å². The first-order valence-corrected chi connectivity index (χ1v) is 10.9. The zero-order valence-electron chi connectivity index (χ0n) is 16.6. The number of hydrogen-bond acceptors (Lipinski definition) is 8. The fourth-order valence-corrected chi connectivity index (χ4v) is 5.46. The molecule has 1 atom stereocenters. The van der Waals surface area contributed by atoms with Crippen molar-refractivity contribution >= 4 is 45.1 Å². The van der Waals surface area contributed by atoms with E-state index in [1.165, 1.54) is 11.3 Å². The monoisotopic (exact) mass is 429 g/mol. The number of benzene rings is 1. The molecule has 0 saturated carbocycles. The van der Waals surface area contributed by atoms with Crippen molar-refractivity contribution in [3.8, 4) is 5.75 Å². The van der Waals surface area contributed by atoms with E-state index in [-0.39, 0.29) is 11.9 Å². The summed E-state index contributed by atoms with van der Waals surface area (Å²) < 4.78 is 7.54. The number of carbonyl (C=O) groups excluding carboxylic acids is 1. The minimum Gasteiger partial charge on any atom is -0.497 e. The van der Waals surface area contributed by atoms with E-state index in [9.17, 15) is 4.79 Å². The summed E-state index contributed by atoms with van der Waals surface area (Å²) >= 11 is 2.98. The molecule has 9 heteroatoms. The molecule has 0 spiro atoms. The lowest BCUT2D eigenvalue weighted by atomic mass is 10.1. The van der Waals surface area contributed by atoms with Gasteiger partial charge in [-0.1, -0.05) is 6.07 Å². The lowest BCUT2D eigenvalue weighted by Crippen LogP contribution is -2.36. The molecule has 1 aliphatic rings. The maximum Gasteiger partial charge on any atom is 0.263 e. The van der Waals surface area contributed by atoms with Crippen molar-refractivity contribution in [3.05, 3.63) is 40.4 Å². The molecule has 152 valence electrons. The SMILES string of the molecule is COc1cccc(SN2CCC(NC(=O)c3sc4nnc(C)c(C)c4c3N)C2)c1. The van der Waals surface area contributed by atoms with E-state index in [0.717, 1.165) is 46.8 Å². The van der Waals surface area contributed by atoms with Crippen LogP contribution in [0, 0.1) is 13.8 Å². The van der Waals surface area contributed by atoms with Gasteiger partial charge in [-0.25, -0.2) is 4.31 Å². The quantitative estimate of drug-likeness (QED) is 0.600. The molecule has 1 amide bonds. The normalized spacial score (nSPS) is 17.0. The molecular formula is C20H23N5O2S2. The highest BCUT2D eigenvalue weighted by Crippen LogP contribution is 2.35. The molecule has 3 aromatic rings. The molecule has 3 N–H and O–H groups in total. The van der Waals surface area contributed by atoms with Crippen LogP contribution >= 0.6 is 23.3 Å². The van der Waals surface area contributed by atoms with Crippen LogP contribution in [0.5, 0.6) is 5.75 Å². The number of carbonyl (C=O) groups is 1. The Bertz CT molecular complexity index is 1070. The lowest BCUT2D eigenvalue weighted by molar-refractivity contribution is 0.0944. The standard InChI is InChI=1S/C20H23N5O2S2/c1-11-12(2)23-24-20-16(11)17(21)18(28-20)19(26)22-13-7-8-25(10-13)29-15-6-4-5-14(9-15)27-3/h4-6,9,13H,7-8,10,21H2,1-3H3,(H,22,26). The molecule has 1 aliphatic heterocycles. The van der Waals surface area contributed by atoms with Crippen LogP contribution in [-0.2, 0) is 0 Å². The Morgan fingerprint density at radius 1 is 1.38 bits per heavy atom. The zero-order valence-corrected chi connectivity index (χ0v) is 18.2. The largest absolute Gasteiger partial charge is 0.497 e. The van der Waals surface area contributed by atoms with Crippen LogP contribution in [0.15, 0.2) is 29.2 Å². The second-order valence-electron chi connectivity index (χ2n) is 7.05. The van der Waals surface area contributed by atoms with Gasteiger partial charge < -0.3 is 15.8 Å². The second kappa shape index (κ2) is 8.17. The van der Waals surface area contributed by atoms with Gasteiger partial charge in [0.25, 0.3) is 5.91 Å². The summed E-state index contributed by atoms with van der Waals surface area (Å²) in [6.07, 6.45) is 0.894. The van der Waals surface area contributed by atoms with E-state index >= 15 is 0 Å². The van der Waals surface area contributed by atoms with Crippen LogP contribution in [0.1, 0.15) is 27.3 Å². The van der Waals surface area contributed by atoms with Gasteiger partial charge in [0.05, 0.1) is 18.5 Å². The molecule has 3 heterocycles. The minimum atomic E-state index is -0.138. The molecule has 4 rings (SSSR count). The Morgan fingerprint density at radius 3 is 3.00 bits per heavy atom. The fourth-order valence-electron chi connectivity index (χ4n) is 3.40. The van der Waals surface area contributed by atoms with Crippen molar-refractivity contribution in [3.63, 3.8) is 0 Å². The van der Waals surface area contributed by atoms with Crippen molar-refractivity contribution in [1.29, 1.82) is 0 Å². The average Bonchev–Trinajstić information content (AvgIpc) is 3.29. The summed E-state index contributed by atoms with van der Waals surface area (Å²) in [5, 5.41) is 12.3. The van der Waals surface area contributed by atoms with Gasteiger partial charge in [0, 0.05) is 29.4 Å². The first-order chi connectivity index (χ1) is 14.0. The van der Waals surface area contributed by atoms with Crippen molar-refractivity contribution in [2.24, 2.45) is 0 Å². The Morgan fingerprint density at radius 2 is 2.21 bits per heavy atom. The molecule has 0 bridgehead atoms. The number of anilines is 1. The summed E-state index contributed by atoms with van der Waals surface area (Å²) in [4.78, 5) is 15.2. The molecule has 7 nitrogen and oxygen atoms in total. The lowest BCUT2D eigenvalue weighted by Gasteiger charge is -2.16. The third-order valence-corrected chi connectivity index (χ3v) is 7.25. The molecule has 0 aliphatic carbocycles. The number of aryl methyl sites for hydroxylation is 2. The van der Waals surface area contributed by atoms with Crippen LogP contribution < -0.4 is 15.8 Å². The molecule has 2 aromatic heterocycles. The number of nitrogens with one attached hydrogen (secondary N) is 1. The topological polar surface area (TPSA) is 93.4 Å². The second-order valence-corrected chi connectivity index (χ2v) is 9.22. The number of methoxy groups -OCH3 is 1. The van der Waals surface area contributed by atoms with Gasteiger partial charge in [0.15, 0.2) is 0 Å². The number of fused-ring (bicyclic) bond motifs is 1. The summed E-state index contributed by atoms with van der Waals surface area (Å²) in [5.41, 5.74) is 8.60. The Kier molecular flexibility index (Phi) is 5.62. The van der Waals surface area contributed by atoms with Gasteiger partial charge in [-0.15, -0.1) is 16.4 Å². The van der Waals surface area contributed by atoms with E-state index in [2.05, 4.69) is 25.9 Å². The van der Waals surface area contributed by atoms with Gasteiger partial charge >= 0.3 is 0 Å². The predicted molar refractivity (Wildman–Crippen MR) is 118 cm³/mol. The number of rotatable bonds is 5. The highest BCUT2D eigenvalue weighted by atomic mass is 32.2. The van der Waals surface area contributed by atoms with Crippen LogP contribution in [0.4, 0.5) is 5.69 Å². The molecule has 1 aromatic carbocycles. The maximum absolute atomic E-state index is 12.9. The van der Waals surface area contributed by atoms with Gasteiger partial charge in [0.2, 0.25) is 0 Å². The van der Waals surface area contributed by atoms with E-state index in [0.29, 0.717) is 15.4 Å². The third kappa shape index (κ3) is 4.03. The number of aromatic nitrogens is 2. The van der Waals surface area contributed by atoms with Crippen molar-refractivity contribution < 1.29 is 9.53 Å². The molecule has 1 unspecified atom stereocenters. The number of thiophene rings is 1. The predicted octanol–water partition coefficient (Wildman–Crippen LogP) is 3.41. The van der Waals surface area contributed by atoms with Gasteiger partial charge in [-0.05, 0) is 56.0 Å². The number of amides is 1. The van der Waals surface area contributed by atoms with E-state index in [4.69, 9.17) is 10.5 Å². The van der Waals surface area contributed by atoms with Crippen LogP contribution in [-0.4, -0.2) is 46.7 Å². The number of ether oxygens (including phenoxy) is 1. The van der Waals surface area contributed by atoms with E-state index < -0.39 is 0 Å². The first-order valence-electron chi connectivity index (χ1n) is 9.36. The summed E-state index contributed by atoms with van der Waals surface area (Å²) in [6, 6.07) is 8.06. The highest BCUT2D eigenvalue weighted by Gasteiger charge is 2.27. The summed E-state index contributed by atoms with van der Waals surface area (Å²) in [6.45, 7) is 5.53. The van der Waals surface area contributed by atoms with E-state index in [1.54, 1.807) is 19.1 Å². The van der Waals surface area contributed by atoms with Crippen LogP contribution in [0.3, 0.4) is 0 Å². The summed E-state index contributed by atoms with van der Waals surface area (Å²) in [7, 11) is 1.67. The highest BCUT2D eigenvalue weighted by molar-refractivity contribution is 7.97. The first kappa shape index (κ1) is 19.9. The molecule has 29 heavy (non-hydrogen) atoms. The zero-order chi connectivity index (χ0) is 20.5. The molecule has 1 saturated heterocycles. The van der Waals surface area contributed by atoms with Gasteiger partial charge in [0.1, 0.15) is 15.5 Å². The Balaban J connectivity index is 1.42. The van der Waals surface area contributed by atoms with E-state index in [1.807, 2.05) is 32.0 Å². The Hall–Kier alpha value is -2.36. The van der Waals surface area contributed by atoms with Crippen LogP contribution in [0.25, 0.3) is 10.2 Å². The van der Waals surface area contributed by atoms with Gasteiger partial charge in [-0.2, -0.15) is 5.10 Å². The molecule has 0 radical (unpaired) electrons.